The number of fused-ring (bicyclic) bond motifs is 1. The molecule has 1 aliphatic carbocycles. The molecule has 0 saturated carbocycles. The molecule has 30 heavy (non-hydrogen) atoms. The highest BCUT2D eigenvalue weighted by molar-refractivity contribution is 7.99. The van der Waals surface area contributed by atoms with E-state index < -0.39 is 12.1 Å². The molecule has 1 unspecified atom stereocenters. The number of alkyl halides is 3. The Morgan fingerprint density at radius 1 is 1.40 bits per heavy atom. The number of thioether (sulfide) groups is 1. The third-order valence-electron chi connectivity index (χ3n) is 4.26. The van der Waals surface area contributed by atoms with Gasteiger partial charge in [-0.1, -0.05) is 35.7 Å². The largest absolute Gasteiger partial charge is 0.465 e. The normalized spacial score (nSPS) is 16.2. The van der Waals surface area contributed by atoms with Crippen LogP contribution < -0.4 is 0 Å². The summed E-state index contributed by atoms with van der Waals surface area (Å²) in [6.07, 6.45) is 1.26. The molecular weight excluding hydrogens is 437 g/mol. The van der Waals surface area contributed by atoms with Gasteiger partial charge in [-0.15, -0.1) is 11.8 Å². The maximum atomic E-state index is 13.0. The number of carbonyl (C=O) groups excluding carboxylic acids is 1. The molecule has 4 nitrogen and oxygen atoms in total. The van der Waals surface area contributed by atoms with Crippen LogP contribution >= 0.6 is 23.4 Å². The second-order valence-electron chi connectivity index (χ2n) is 6.46. The lowest BCUT2D eigenvalue weighted by Crippen LogP contribution is -2.22. The van der Waals surface area contributed by atoms with Gasteiger partial charge in [-0.2, -0.15) is 13.2 Å². The Labute approximate surface area is 181 Å². The van der Waals surface area contributed by atoms with Gasteiger partial charge in [0.2, 0.25) is 0 Å². The third-order valence-corrected chi connectivity index (χ3v) is 5.40. The second kappa shape index (κ2) is 9.63. The summed E-state index contributed by atoms with van der Waals surface area (Å²) in [6.45, 7) is 2.05. The van der Waals surface area contributed by atoms with E-state index in [2.05, 4.69) is 16.8 Å². The molecule has 0 N–H and O–H groups in total. The minimum absolute atomic E-state index is 0.165. The smallest absolute Gasteiger partial charge is 0.395 e. The Morgan fingerprint density at radius 3 is 2.93 bits per heavy atom. The summed E-state index contributed by atoms with van der Waals surface area (Å²) in [5, 5.41) is 0.477. The highest BCUT2D eigenvalue weighted by Crippen LogP contribution is 2.34. The summed E-state index contributed by atoms with van der Waals surface area (Å²) in [7, 11) is 0. The quantitative estimate of drug-likeness (QED) is 0.460. The molecule has 0 amide bonds. The molecule has 0 aliphatic heterocycles. The first-order valence-corrected chi connectivity index (χ1v) is 10.7. The van der Waals surface area contributed by atoms with Crippen molar-refractivity contribution in [2.24, 2.45) is 5.92 Å². The topological polar surface area (TPSA) is 43.6 Å². The van der Waals surface area contributed by atoms with Crippen LogP contribution in [0.2, 0.25) is 5.02 Å². The van der Waals surface area contributed by atoms with Gasteiger partial charge in [-0.3, -0.25) is 9.20 Å². The monoisotopic (exact) mass is 454 g/mol. The summed E-state index contributed by atoms with van der Waals surface area (Å²) < 4.78 is 45.6. The molecule has 1 aliphatic rings. The Hall–Kier alpha value is -2.37. The van der Waals surface area contributed by atoms with E-state index in [0.29, 0.717) is 40.0 Å². The van der Waals surface area contributed by atoms with Gasteiger partial charge in [-0.25, -0.2) is 4.98 Å². The van der Waals surface area contributed by atoms with Gasteiger partial charge in [0.05, 0.1) is 29.0 Å². The molecule has 0 radical (unpaired) electrons. The zero-order valence-electron chi connectivity index (χ0n) is 16.0. The number of hydrogen-bond donors (Lipinski definition) is 0. The summed E-state index contributed by atoms with van der Waals surface area (Å²) in [6, 6.07) is 3.42. The van der Waals surface area contributed by atoms with Gasteiger partial charge in [0.25, 0.3) is 0 Å². The Balaban J connectivity index is 1.86. The molecule has 2 heterocycles. The molecule has 0 aromatic carbocycles. The minimum Gasteiger partial charge on any atom is -0.465 e. The number of allylic oxidation sites excluding steroid dienone is 4. The zero-order valence-corrected chi connectivity index (χ0v) is 17.6. The Kier molecular flexibility index (Phi) is 7.16. The van der Waals surface area contributed by atoms with E-state index in [0.717, 1.165) is 6.08 Å². The average molecular weight is 455 g/mol. The van der Waals surface area contributed by atoms with Crippen LogP contribution in [0.5, 0.6) is 0 Å². The predicted molar refractivity (Wildman–Crippen MR) is 111 cm³/mol. The van der Waals surface area contributed by atoms with E-state index in [9.17, 15) is 18.0 Å². The lowest BCUT2D eigenvalue weighted by molar-refractivity contribution is -0.160. The second-order valence-corrected chi connectivity index (χ2v) is 7.88. The number of pyridine rings is 1. The van der Waals surface area contributed by atoms with Crippen LogP contribution in [0.1, 0.15) is 24.7 Å². The molecule has 0 saturated heterocycles. The molecule has 0 bridgehead atoms. The van der Waals surface area contributed by atoms with E-state index in [1.54, 1.807) is 35.7 Å². The number of halogens is 4. The molecule has 2 aromatic rings. The van der Waals surface area contributed by atoms with Crippen molar-refractivity contribution >= 4 is 35.0 Å². The van der Waals surface area contributed by atoms with Crippen molar-refractivity contribution in [1.82, 2.24) is 9.38 Å². The summed E-state index contributed by atoms with van der Waals surface area (Å²) in [5.74, 6) is 4.52. The van der Waals surface area contributed by atoms with E-state index in [1.165, 1.54) is 17.8 Å². The highest BCUT2D eigenvalue weighted by Gasteiger charge is 2.38. The predicted octanol–water partition coefficient (Wildman–Crippen LogP) is 5.20. The number of nitrogens with zero attached hydrogens (tertiary/aromatic N) is 2. The van der Waals surface area contributed by atoms with E-state index >= 15 is 0 Å². The number of esters is 1. The fourth-order valence-electron chi connectivity index (χ4n) is 2.87. The van der Waals surface area contributed by atoms with Crippen LogP contribution in [-0.2, 0) is 15.3 Å². The molecule has 0 fully saturated rings. The Bertz CT molecular complexity index is 1060. The summed E-state index contributed by atoms with van der Waals surface area (Å²) in [5.41, 5.74) is 2.16. The van der Waals surface area contributed by atoms with Crippen molar-refractivity contribution in [2.45, 2.75) is 25.3 Å². The summed E-state index contributed by atoms with van der Waals surface area (Å²) in [4.78, 5) is 16.1. The molecule has 3 rings (SSSR count). The SMILES string of the molecule is CCOC(=O)CSCc1nc2ccc(Cl)cn2c1C#CC1=CC=CC(C(F)(F)F)C1. The number of carbonyl (C=O) groups is 1. The number of imidazole rings is 1. The first-order chi connectivity index (χ1) is 14.3. The van der Waals surface area contributed by atoms with Gasteiger partial charge in [-0.05, 0) is 31.4 Å². The lowest BCUT2D eigenvalue weighted by Gasteiger charge is -2.18. The van der Waals surface area contributed by atoms with Gasteiger partial charge in [0.1, 0.15) is 11.3 Å². The fraction of sp³-hybridized carbons (Fsp3) is 0.333. The third kappa shape index (κ3) is 5.61. The van der Waals surface area contributed by atoms with Crippen molar-refractivity contribution < 1.29 is 22.7 Å². The highest BCUT2D eigenvalue weighted by atomic mass is 35.5. The molecule has 158 valence electrons. The van der Waals surface area contributed by atoms with Gasteiger partial charge in [0.15, 0.2) is 0 Å². The maximum Gasteiger partial charge on any atom is 0.395 e. The van der Waals surface area contributed by atoms with E-state index in [1.807, 2.05) is 0 Å². The maximum absolute atomic E-state index is 13.0. The molecule has 0 spiro atoms. The van der Waals surface area contributed by atoms with Crippen LogP contribution in [0.25, 0.3) is 5.65 Å². The number of rotatable bonds is 5. The van der Waals surface area contributed by atoms with Gasteiger partial charge >= 0.3 is 12.1 Å². The lowest BCUT2D eigenvalue weighted by atomic mass is 9.94. The van der Waals surface area contributed by atoms with Crippen molar-refractivity contribution in [1.29, 1.82) is 0 Å². The molecule has 2 aromatic heterocycles. The van der Waals surface area contributed by atoms with Crippen LogP contribution in [0.4, 0.5) is 13.2 Å². The molecular formula is C21H18ClF3N2O2S. The molecule has 9 heteroatoms. The zero-order chi connectivity index (χ0) is 21.7. The van der Waals surface area contributed by atoms with Crippen molar-refractivity contribution in [3.8, 4) is 11.8 Å². The number of aromatic nitrogens is 2. The summed E-state index contributed by atoms with van der Waals surface area (Å²) >= 11 is 7.42. The first kappa shape index (κ1) is 22.3. The van der Waals surface area contributed by atoms with Crippen LogP contribution in [0.3, 0.4) is 0 Å². The molecule has 1 atom stereocenters. The number of hydrogen-bond acceptors (Lipinski definition) is 4. The van der Waals surface area contributed by atoms with Crippen LogP contribution in [0, 0.1) is 17.8 Å². The standard InChI is InChI=1S/C21H18ClF3N2O2S/c1-2-29-20(28)13-30-12-17-18(27-11-16(22)7-9-19(27)26-17)8-6-14-4-3-5-15(10-14)21(23,24)25/h3-5,7,9,11,15H,2,10,12-13H2,1H3. The van der Waals surface area contributed by atoms with Gasteiger partial charge in [0, 0.05) is 17.5 Å². The van der Waals surface area contributed by atoms with Crippen LogP contribution in [-0.4, -0.2) is 33.9 Å². The number of ether oxygens (including phenoxy) is 1. The first-order valence-electron chi connectivity index (χ1n) is 9.14. The van der Waals surface area contributed by atoms with E-state index in [4.69, 9.17) is 16.3 Å². The van der Waals surface area contributed by atoms with E-state index in [-0.39, 0.29) is 18.1 Å². The van der Waals surface area contributed by atoms with Crippen LogP contribution in [0.15, 0.2) is 42.1 Å². The van der Waals surface area contributed by atoms with Crippen molar-refractivity contribution in [2.75, 3.05) is 12.4 Å². The van der Waals surface area contributed by atoms with Gasteiger partial charge < -0.3 is 4.74 Å². The fourth-order valence-corrected chi connectivity index (χ4v) is 3.78. The average Bonchev–Trinajstić information content (AvgIpc) is 3.03. The van der Waals surface area contributed by atoms with Crippen molar-refractivity contribution in [3.05, 3.63) is 58.5 Å². The Morgan fingerprint density at radius 2 is 2.20 bits per heavy atom. The van der Waals surface area contributed by atoms with Crippen molar-refractivity contribution in [3.63, 3.8) is 0 Å². The minimum atomic E-state index is -4.30.